The second-order valence-corrected chi connectivity index (χ2v) is 8.72. The number of likely N-dealkylation sites (N-methyl/N-ethyl adjacent to an activating group) is 1. The topological polar surface area (TPSA) is 70.1 Å². The number of rotatable bonds is 9. The van der Waals surface area contributed by atoms with Crippen LogP contribution in [0.5, 0.6) is 5.75 Å². The van der Waals surface area contributed by atoms with Gasteiger partial charge in [0.25, 0.3) is 11.7 Å². The molecule has 1 heterocycles. The molecule has 1 fully saturated rings. The van der Waals surface area contributed by atoms with Gasteiger partial charge in [-0.3, -0.25) is 9.59 Å². The van der Waals surface area contributed by atoms with E-state index in [4.69, 9.17) is 4.74 Å². The van der Waals surface area contributed by atoms with Crippen LogP contribution in [0.15, 0.2) is 48.0 Å². The first kappa shape index (κ1) is 25.4. The van der Waals surface area contributed by atoms with Crippen molar-refractivity contribution in [2.45, 2.75) is 46.8 Å². The van der Waals surface area contributed by atoms with Gasteiger partial charge in [0, 0.05) is 18.7 Å². The molecule has 1 aliphatic rings. The van der Waals surface area contributed by atoms with Gasteiger partial charge in [-0.15, -0.1) is 0 Å². The normalized spacial score (nSPS) is 17.8. The van der Waals surface area contributed by atoms with Crippen LogP contribution < -0.4 is 4.74 Å². The first-order valence-electron chi connectivity index (χ1n) is 11.7. The molecule has 3 rings (SSSR count). The van der Waals surface area contributed by atoms with Gasteiger partial charge in [-0.25, -0.2) is 4.39 Å². The lowest BCUT2D eigenvalue weighted by Gasteiger charge is -2.28. The van der Waals surface area contributed by atoms with Gasteiger partial charge < -0.3 is 19.6 Å². The Hall–Kier alpha value is -3.19. The maximum Gasteiger partial charge on any atom is 0.295 e. The van der Waals surface area contributed by atoms with Gasteiger partial charge in [0.1, 0.15) is 17.3 Å². The molecule has 34 heavy (non-hydrogen) atoms. The van der Waals surface area contributed by atoms with E-state index < -0.39 is 23.5 Å². The van der Waals surface area contributed by atoms with Crippen molar-refractivity contribution in [3.63, 3.8) is 0 Å². The van der Waals surface area contributed by atoms with Crippen LogP contribution >= 0.6 is 0 Å². The number of nitrogens with zero attached hydrogens (tertiary/aromatic N) is 2. The smallest absolute Gasteiger partial charge is 0.295 e. The van der Waals surface area contributed by atoms with E-state index in [1.165, 1.54) is 17.0 Å². The minimum Gasteiger partial charge on any atom is -0.507 e. The molecule has 1 saturated heterocycles. The van der Waals surface area contributed by atoms with Gasteiger partial charge in [0.05, 0.1) is 17.7 Å². The molecule has 1 unspecified atom stereocenters. The largest absolute Gasteiger partial charge is 0.507 e. The Morgan fingerprint density at radius 1 is 1.12 bits per heavy atom. The van der Waals surface area contributed by atoms with Gasteiger partial charge in [-0.2, -0.15) is 0 Å². The number of amides is 1. The molecular formula is C27H33FN2O4. The molecule has 1 atom stereocenters. The fraction of sp³-hybridized carbons (Fsp3) is 0.407. The van der Waals surface area contributed by atoms with E-state index >= 15 is 0 Å². The number of carbonyl (C=O) groups is 2. The second-order valence-electron chi connectivity index (χ2n) is 8.72. The number of halogens is 1. The fourth-order valence-electron chi connectivity index (χ4n) is 4.23. The molecule has 0 spiro atoms. The number of hydrogen-bond acceptors (Lipinski definition) is 5. The number of benzene rings is 2. The van der Waals surface area contributed by atoms with E-state index in [-0.39, 0.29) is 17.4 Å². The van der Waals surface area contributed by atoms with E-state index in [1.807, 2.05) is 34.6 Å². The highest BCUT2D eigenvalue weighted by atomic mass is 19.1. The summed E-state index contributed by atoms with van der Waals surface area (Å²) in [6, 6.07) is 10.0. The summed E-state index contributed by atoms with van der Waals surface area (Å²) in [6.07, 6.45) is -0.00671. The van der Waals surface area contributed by atoms with E-state index in [9.17, 15) is 19.1 Å². The van der Waals surface area contributed by atoms with E-state index in [0.717, 1.165) is 18.7 Å². The van der Waals surface area contributed by atoms with Crippen LogP contribution in [0, 0.1) is 12.7 Å². The highest BCUT2D eigenvalue weighted by Gasteiger charge is 2.46. The average molecular weight is 469 g/mol. The number of ether oxygens (including phenoxy) is 1. The third-order valence-corrected chi connectivity index (χ3v) is 6.09. The SMILES string of the molecule is CCN(CC)CCN1C(=O)C(=O)C(=C(O)c2ccc(OC(C)C)c(C)c2)C1c1ccc(F)cc1. The number of aryl methyl sites for hydroxylation is 1. The molecule has 0 aliphatic carbocycles. The van der Waals surface area contributed by atoms with E-state index in [1.54, 1.807) is 30.3 Å². The van der Waals surface area contributed by atoms with Crippen molar-refractivity contribution < 1.29 is 23.8 Å². The van der Waals surface area contributed by atoms with E-state index in [2.05, 4.69) is 4.90 Å². The van der Waals surface area contributed by atoms with Crippen molar-refractivity contribution in [3.05, 3.63) is 70.5 Å². The summed E-state index contributed by atoms with van der Waals surface area (Å²) in [5, 5.41) is 11.2. The summed E-state index contributed by atoms with van der Waals surface area (Å²) in [5.41, 5.74) is 1.79. The highest BCUT2D eigenvalue weighted by molar-refractivity contribution is 6.46. The van der Waals surface area contributed by atoms with Gasteiger partial charge in [-0.1, -0.05) is 26.0 Å². The molecule has 1 aliphatic heterocycles. The molecule has 1 amide bonds. The molecule has 7 heteroatoms. The van der Waals surface area contributed by atoms with Crippen LogP contribution in [0.3, 0.4) is 0 Å². The predicted octanol–water partition coefficient (Wildman–Crippen LogP) is 4.68. The lowest BCUT2D eigenvalue weighted by Crippen LogP contribution is -2.38. The molecule has 0 saturated carbocycles. The van der Waals surface area contributed by atoms with Crippen LogP contribution in [-0.4, -0.2) is 58.9 Å². The highest BCUT2D eigenvalue weighted by Crippen LogP contribution is 2.39. The second kappa shape index (κ2) is 10.8. The molecule has 6 nitrogen and oxygen atoms in total. The Bertz CT molecular complexity index is 1070. The molecular weight excluding hydrogens is 435 g/mol. The third kappa shape index (κ3) is 5.30. The van der Waals surface area contributed by atoms with E-state index in [0.29, 0.717) is 30.0 Å². The number of ketones is 1. The quantitative estimate of drug-likeness (QED) is 0.329. The number of likely N-dealkylation sites (tertiary alicyclic amines) is 1. The number of aliphatic hydroxyl groups excluding tert-OH is 1. The van der Waals surface area contributed by atoms with Crippen molar-refractivity contribution in [1.29, 1.82) is 0 Å². The van der Waals surface area contributed by atoms with Crippen LogP contribution in [0.2, 0.25) is 0 Å². The lowest BCUT2D eigenvalue weighted by atomic mass is 9.94. The van der Waals surface area contributed by atoms with Crippen LogP contribution in [0.4, 0.5) is 4.39 Å². The average Bonchev–Trinajstić information content (AvgIpc) is 3.05. The van der Waals surface area contributed by atoms with Crippen molar-refractivity contribution in [3.8, 4) is 5.75 Å². The van der Waals surface area contributed by atoms with Gasteiger partial charge in [0.15, 0.2) is 0 Å². The molecule has 2 aromatic rings. The molecule has 0 bridgehead atoms. The number of Topliss-reactive ketones (excluding diaryl/α,β-unsaturated/α-hetero) is 1. The van der Waals surface area contributed by atoms with Crippen LogP contribution in [-0.2, 0) is 9.59 Å². The number of aliphatic hydroxyl groups is 1. The summed E-state index contributed by atoms with van der Waals surface area (Å²) in [7, 11) is 0. The monoisotopic (exact) mass is 468 g/mol. The maximum atomic E-state index is 13.6. The van der Waals surface area contributed by atoms with Gasteiger partial charge in [-0.05, 0) is 75.3 Å². The third-order valence-electron chi connectivity index (χ3n) is 6.09. The Morgan fingerprint density at radius 2 is 1.76 bits per heavy atom. The zero-order chi connectivity index (χ0) is 25.0. The van der Waals surface area contributed by atoms with Gasteiger partial charge in [0.2, 0.25) is 0 Å². The molecule has 182 valence electrons. The zero-order valence-corrected chi connectivity index (χ0v) is 20.5. The van der Waals surface area contributed by atoms with Crippen molar-refractivity contribution in [2.24, 2.45) is 0 Å². The summed E-state index contributed by atoms with van der Waals surface area (Å²) in [6.45, 7) is 12.3. The van der Waals surface area contributed by atoms with Crippen molar-refractivity contribution in [2.75, 3.05) is 26.2 Å². The van der Waals surface area contributed by atoms with Crippen LogP contribution in [0.25, 0.3) is 5.76 Å². The summed E-state index contributed by atoms with van der Waals surface area (Å²) in [4.78, 5) is 29.8. The molecule has 1 N–H and O–H groups in total. The molecule has 0 aromatic heterocycles. The summed E-state index contributed by atoms with van der Waals surface area (Å²) in [5.74, 6) is -1.40. The Kier molecular flexibility index (Phi) is 8.10. The zero-order valence-electron chi connectivity index (χ0n) is 20.5. The lowest BCUT2D eigenvalue weighted by molar-refractivity contribution is -0.140. The number of hydrogen-bond donors (Lipinski definition) is 1. The fourth-order valence-corrected chi connectivity index (χ4v) is 4.23. The maximum absolute atomic E-state index is 13.6. The minimum absolute atomic E-state index is 0.00671. The standard InChI is InChI=1S/C27H33FN2O4/c1-6-29(7-2)14-15-30-24(19-8-11-21(28)12-9-19)23(26(32)27(30)33)25(31)20-10-13-22(18(5)16-20)34-17(3)4/h8-13,16-17,24,31H,6-7,14-15H2,1-5H3. The first-order valence-corrected chi connectivity index (χ1v) is 11.7. The van der Waals surface area contributed by atoms with Crippen molar-refractivity contribution >= 4 is 17.4 Å². The summed E-state index contributed by atoms with van der Waals surface area (Å²) >= 11 is 0. The van der Waals surface area contributed by atoms with Crippen molar-refractivity contribution in [1.82, 2.24) is 9.80 Å². The van der Waals surface area contributed by atoms with Gasteiger partial charge >= 0.3 is 0 Å². The Morgan fingerprint density at radius 3 is 2.32 bits per heavy atom. The summed E-state index contributed by atoms with van der Waals surface area (Å²) < 4.78 is 19.4. The number of carbonyl (C=O) groups excluding carboxylic acids is 2. The van der Waals surface area contributed by atoms with Crippen LogP contribution in [0.1, 0.15) is 50.4 Å². The Labute approximate surface area is 200 Å². The first-order chi connectivity index (χ1) is 16.2. The Balaban J connectivity index is 2.08. The predicted molar refractivity (Wildman–Crippen MR) is 130 cm³/mol. The molecule has 2 aromatic carbocycles. The minimum atomic E-state index is -0.803. The molecule has 0 radical (unpaired) electrons.